The highest BCUT2D eigenvalue weighted by Crippen LogP contribution is 2.39. The topological polar surface area (TPSA) is 56.1 Å². The minimum atomic E-state index is -0.365. The number of halogens is 1. The van der Waals surface area contributed by atoms with Gasteiger partial charge in [0.25, 0.3) is 0 Å². The fraction of sp³-hybridized carbons (Fsp3) is 0.143. The molecule has 1 aliphatic heterocycles. The summed E-state index contributed by atoms with van der Waals surface area (Å²) in [5, 5.41) is 3.26. The normalized spacial score (nSPS) is 16.0. The number of hydrogen-bond donors (Lipinski definition) is 1. The van der Waals surface area contributed by atoms with Gasteiger partial charge in [0.1, 0.15) is 6.61 Å². The van der Waals surface area contributed by atoms with Crippen molar-refractivity contribution < 1.29 is 9.53 Å². The first-order chi connectivity index (χ1) is 13.1. The van der Waals surface area contributed by atoms with E-state index >= 15 is 0 Å². The second-order valence-corrected chi connectivity index (χ2v) is 7.21. The Morgan fingerprint density at radius 3 is 2.78 bits per heavy atom. The second kappa shape index (κ2) is 7.04. The zero-order chi connectivity index (χ0) is 19.0. The van der Waals surface area contributed by atoms with Crippen molar-refractivity contribution in [2.24, 2.45) is 0 Å². The Labute approximate surface area is 165 Å². The minimum absolute atomic E-state index is 0.167. The average Bonchev–Trinajstić information content (AvgIpc) is 3.03. The summed E-state index contributed by atoms with van der Waals surface area (Å²) in [7, 11) is 0. The molecule has 1 aliphatic rings. The number of ether oxygens (including phenoxy) is 1. The van der Waals surface area contributed by atoms with Gasteiger partial charge in [-0.05, 0) is 36.8 Å². The predicted molar refractivity (Wildman–Crippen MR) is 109 cm³/mol. The molecule has 136 valence electrons. The van der Waals surface area contributed by atoms with Gasteiger partial charge in [-0.1, -0.05) is 52.9 Å². The molecule has 27 heavy (non-hydrogen) atoms. The van der Waals surface area contributed by atoms with Gasteiger partial charge in [-0.25, -0.2) is 9.78 Å². The highest BCUT2D eigenvalue weighted by Gasteiger charge is 2.34. The van der Waals surface area contributed by atoms with E-state index in [1.54, 1.807) is 6.08 Å². The molecule has 2 aromatic carbocycles. The second-order valence-electron chi connectivity index (χ2n) is 6.30. The Morgan fingerprint density at radius 2 is 2.04 bits per heavy atom. The van der Waals surface area contributed by atoms with Crippen LogP contribution >= 0.6 is 15.9 Å². The number of nitrogens with one attached hydrogen (secondary N) is 1. The molecule has 0 saturated heterocycles. The molecule has 0 spiro atoms. The molecule has 2 heterocycles. The lowest BCUT2D eigenvalue weighted by Crippen LogP contribution is -2.29. The Hall–Kier alpha value is -2.86. The molecule has 0 bridgehead atoms. The van der Waals surface area contributed by atoms with E-state index in [0.717, 1.165) is 26.8 Å². The maximum atomic E-state index is 12.9. The molecule has 3 aromatic rings. The van der Waals surface area contributed by atoms with E-state index in [4.69, 9.17) is 9.72 Å². The van der Waals surface area contributed by atoms with Gasteiger partial charge in [0.05, 0.1) is 22.6 Å². The molecule has 1 atom stereocenters. The maximum absolute atomic E-state index is 12.9. The van der Waals surface area contributed by atoms with Crippen LogP contribution in [0.15, 0.2) is 76.9 Å². The number of para-hydroxylation sites is 2. The largest absolute Gasteiger partial charge is 0.458 e. The number of allylic oxidation sites excluding steroid dienone is 1. The molecular weight excluding hydrogens is 406 g/mol. The van der Waals surface area contributed by atoms with Crippen molar-refractivity contribution in [1.82, 2.24) is 9.55 Å². The Balaban J connectivity index is 1.93. The van der Waals surface area contributed by atoms with E-state index in [0.29, 0.717) is 11.5 Å². The maximum Gasteiger partial charge on any atom is 0.338 e. The van der Waals surface area contributed by atoms with Crippen molar-refractivity contribution >= 4 is 38.9 Å². The smallest absolute Gasteiger partial charge is 0.338 e. The summed E-state index contributed by atoms with van der Waals surface area (Å²) < 4.78 is 8.41. The molecular formula is C21H18BrN3O2. The monoisotopic (exact) mass is 423 g/mol. The van der Waals surface area contributed by atoms with Crippen LogP contribution in [-0.2, 0) is 9.53 Å². The summed E-state index contributed by atoms with van der Waals surface area (Å²) in [5.74, 6) is 0.345. The number of carbonyl (C=O) groups excluding carboxylic acids is 1. The van der Waals surface area contributed by atoms with Crippen molar-refractivity contribution in [3.05, 3.63) is 82.5 Å². The Kier molecular flexibility index (Phi) is 4.58. The molecule has 0 amide bonds. The number of imidazole rings is 1. The zero-order valence-corrected chi connectivity index (χ0v) is 16.4. The standard InChI is InChI=1S/C21H18BrN3O2/c1-3-12-27-20(26)18-13(2)23-21-24-16-6-4-5-7-17(16)25(21)19(18)14-8-10-15(22)11-9-14/h3-11,19H,1,12H2,2H3,(H,23,24)/t19-/m0/s1. The summed E-state index contributed by atoms with van der Waals surface area (Å²) in [6, 6.07) is 15.5. The minimum Gasteiger partial charge on any atom is -0.458 e. The van der Waals surface area contributed by atoms with Crippen LogP contribution in [0.2, 0.25) is 0 Å². The van der Waals surface area contributed by atoms with Gasteiger partial charge >= 0.3 is 5.97 Å². The number of anilines is 1. The van der Waals surface area contributed by atoms with Crippen molar-refractivity contribution in [2.75, 3.05) is 11.9 Å². The van der Waals surface area contributed by atoms with Crippen molar-refractivity contribution in [2.45, 2.75) is 13.0 Å². The van der Waals surface area contributed by atoms with Crippen molar-refractivity contribution in [3.63, 3.8) is 0 Å². The molecule has 6 heteroatoms. The number of aromatic nitrogens is 2. The summed E-state index contributed by atoms with van der Waals surface area (Å²) in [4.78, 5) is 17.6. The van der Waals surface area contributed by atoms with Crippen LogP contribution in [0.5, 0.6) is 0 Å². The van der Waals surface area contributed by atoms with E-state index in [2.05, 4.69) is 32.4 Å². The van der Waals surface area contributed by atoms with Gasteiger partial charge in [-0.2, -0.15) is 0 Å². The lowest BCUT2D eigenvalue weighted by atomic mass is 9.95. The number of benzene rings is 2. The predicted octanol–water partition coefficient (Wildman–Crippen LogP) is 4.82. The third kappa shape index (κ3) is 3.06. The number of rotatable bonds is 4. The third-order valence-corrected chi connectivity index (χ3v) is 5.10. The third-order valence-electron chi connectivity index (χ3n) is 4.57. The van der Waals surface area contributed by atoms with Crippen LogP contribution in [0.3, 0.4) is 0 Å². The van der Waals surface area contributed by atoms with E-state index in [1.807, 2.05) is 55.5 Å². The van der Waals surface area contributed by atoms with Crippen LogP contribution in [0, 0.1) is 0 Å². The molecule has 0 unspecified atom stereocenters. The molecule has 1 N–H and O–H groups in total. The van der Waals surface area contributed by atoms with Crippen LogP contribution < -0.4 is 5.32 Å². The number of fused-ring (bicyclic) bond motifs is 3. The average molecular weight is 424 g/mol. The molecule has 0 radical (unpaired) electrons. The van der Waals surface area contributed by atoms with Crippen LogP contribution in [0.1, 0.15) is 18.5 Å². The van der Waals surface area contributed by atoms with Crippen LogP contribution in [0.4, 0.5) is 5.95 Å². The van der Waals surface area contributed by atoms with E-state index in [-0.39, 0.29) is 18.6 Å². The van der Waals surface area contributed by atoms with Crippen LogP contribution in [0.25, 0.3) is 11.0 Å². The SMILES string of the molecule is C=CCOC(=O)C1=C(C)Nc2nc3ccccc3n2[C@H]1c1ccc(Br)cc1. The summed E-state index contributed by atoms with van der Waals surface area (Å²) in [6.07, 6.45) is 1.57. The van der Waals surface area contributed by atoms with Gasteiger partial charge in [0.15, 0.2) is 0 Å². The summed E-state index contributed by atoms with van der Waals surface area (Å²) in [6.45, 7) is 5.66. The van der Waals surface area contributed by atoms with Gasteiger partial charge < -0.3 is 10.1 Å². The molecule has 4 rings (SSSR count). The van der Waals surface area contributed by atoms with Gasteiger partial charge in [-0.3, -0.25) is 4.57 Å². The number of hydrogen-bond acceptors (Lipinski definition) is 4. The van der Waals surface area contributed by atoms with Gasteiger partial charge in [0, 0.05) is 10.2 Å². The zero-order valence-electron chi connectivity index (χ0n) is 14.8. The molecule has 0 aliphatic carbocycles. The van der Waals surface area contributed by atoms with Crippen LogP contribution in [-0.4, -0.2) is 22.1 Å². The fourth-order valence-electron chi connectivity index (χ4n) is 3.40. The quantitative estimate of drug-likeness (QED) is 0.482. The van der Waals surface area contributed by atoms with Gasteiger partial charge in [0.2, 0.25) is 5.95 Å². The van der Waals surface area contributed by atoms with E-state index < -0.39 is 0 Å². The first-order valence-electron chi connectivity index (χ1n) is 8.58. The molecule has 1 aromatic heterocycles. The van der Waals surface area contributed by atoms with Crippen molar-refractivity contribution in [3.8, 4) is 0 Å². The fourth-order valence-corrected chi connectivity index (χ4v) is 3.67. The first-order valence-corrected chi connectivity index (χ1v) is 9.37. The number of esters is 1. The molecule has 5 nitrogen and oxygen atoms in total. The molecule has 0 saturated carbocycles. The Bertz CT molecular complexity index is 1070. The first kappa shape index (κ1) is 17.5. The summed E-state index contributed by atoms with van der Waals surface area (Å²) in [5.41, 5.74) is 4.11. The van der Waals surface area contributed by atoms with Crippen molar-refractivity contribution in [1.29, 1.82) is 0 Å². The highest BCUT2D eigenvalue weighted by atomic mass is 79.9. The number of nitrogens with zero attached hydrogens (tertiary/aromatic N) is 2. The lowest BCUT2D eigenvalue weighted by Gasteiger charge is -2.30. The highest BCUT2D eigenvalue weighted by molar-refractivity contribution is 9.10. The molecule has 0 fully saturated rings. The lowest BCUT2D eigenvalue weighted by molar-refractivity contribution is -0.138. The Morgan fingerprint density at radius 1 is 1.30 bits per heavy atom. The number of carbonyl (C=O) groups is 1. The van der Waals surface area contributed by atoms with E-state index in [9.17, 15) is 4.79 Å². The van der Waals surface area contributed by atoms with Gasteiger partial charge in [-0.15, -0.1) is 0 Å². The summed E-state index contributed by atoms with van der Waals surface area (Å²) >= 11 is 3.48. The van der Waals surface area contributed by atoms with E-state index in [1.165, 1.54) is 0 Å².